The maximum Gasteiger partial charge on any atom is 0.264 e. The molecule has 0 saturated heterocycles. The number of carbonyl (C=O) groups is 1. The van der Waals surface area contributed by atoms with E-state index in [9.17, 15) is 21.6 Å². The number of ether oxygens (including phenoxy) is 1. The number of nitrogens with one attached hydrogen (secondary N) is 2. The van der Waals surface area contributed by atoms with Gasteiger partial charge in [-0.15, -0.1) is 0 Å². The smallest absolute Gasteiger partial charge is 0.264 e. The van der Waals surface area contributed by atoms with Crippen LogP contribution in [0.5, 0.6) is 5.75 Å². The van der Waals surface area contributed by atoms with Crippen LogP contribution in [-0.4, -0.2) is 35.9 Å². The first-order chi connectivity index (χ1) is 19.5. The molecule has 0 aliphatic heterocycles. The van der Waals surface area contributed by atoms with Gasteiger partial charge in [-0.2, -0.15) is 0 Å². The summed E-state index contributed by atoms with van der Waals surface area (Å²) in [5.41, 5.74) is 1.88. The number of halogens is 1. The highest BCUT2D eigenvalue weighted by Crippen LogP contribution is 2.27. The molecule has 0 spiro atoms. The molecule has 0 aromatic heterocycles. The maximum atomic E-state index is 13.6. The monoisotopic (exact) mass is 613 g/mol. The molecule has 0 unspecified atom stereocenters. The highest BCUT2D eigenvalue weighted by atomic mass is 35.5. The Morgan fingerprint density at radius 2 is 1.46 bits per heavy atom. The van der Waals surface area contributed by atoms with E-state index in [0.717, 1.165) is 9.87 Å². The summed E-state index contributed by atoms with van der Waals surface area (Å²) >= 11 is 5.94. The number of aryl methyl sites for hydroxylation is 1. The van der Waals surface area contributed by atoms with E-state index in [2.05, 4.69) is 10.0 Å². The molecule has 214 valence electrons. The summed E-state index contributed by atoms with van der Waals surface area (Å²) in [6.07, 6.45) is 0. The lowest BCUT2D eigenvalue weighted by atomic mass is 10.2. The highest BCUT2D eigenvalue weighted by Gasteiger charge is 2.27. The Morgan fingerprint density at radius 1 is 0.829 bits per heavy atom. The lowest BCUT2D eigenvalue weighted by Crippen LogP contribution is -2.38. The van der Waals surface area contributed by atoms with E-state index in [1.165, 1.54) is 48.5 Å². The third kappa shape index (κ3) is 7.57. The van der Waals surface area contributed by atoms with Gasteiger partial charge in [-0.3, -0.25) is 13.8 Å². The van der Waals surface area contributed by atoms with Gasteiger partial charge >= 0.3 is 0 Å². The van der Waals surface area contributed by atoms with E-state index in [0.29, 0.717) is 28.8 Å². The van der Waals surface area contributed by atoms with Crippen LogP contribution in [0.2, 0.25) is 5.02 Å². The Kier molecular flexibility index (Phi) is 9.21. The van der Waals surface area contributed by atoms with Crippen LogP contribution in [0.1, 0.15) is 12.5 Å². The number of nitrogens with zero attached hydrogens (tertiary/aromatic N) is 1. The zero-order valence-corrected chi connectivity index (χ0v) is 24.6. The maximum absolute atomic E-state index is 13.6. The van der Waals surface area contributed by atoms with Crippen LogP contribution >= 0.6 is 11.6 Å². The summed E-state index contributed by atoms with van der Waals surface area (Å²) in [5.74, 6) is -0.0820. The molecule has 0 heterocycles. The van der Waals surface area contributed by atoms with Crippen LogP contribution in [-0.2, 0) is 24.8 Å². The third-order valence-corrected chi connectivity index (χ3v) is 9.28. The minimum absolute atomic E-state index is 0.00154. The third-order valence-electron chi connectivity index (χ3n) is 5.84. The van der Waals surface area contributed by atoms with Crippen LogP contribution in [0.4, 0.5) is 17.1 Å². The number of carbonyl (C=O) groups excluding carboxylic acids is 1. The van der Waals surface area contributed by atoms with Crippen LogP contribution in [0.25, 0.3) is 0 Å². The predicted molar refractivity (Wildman–Crippen MR) is 161 cm³/mol. The molecule has 4 aromatic carbocycles. The summed E-state index contributed by atoms with van der Waals surface area (Å²) in [5, 5.41) is 3.01. The molecule has 0 radical (unpaired) electrons. The average molecular weight is 614 g/mol. The van der Waals surface area contributed by atoms with Crippen LogP contribution in [0, 0.1) is 6.92 Å². The van der Waals surface area contributed by atoms with Gasteiger partial charge in [-0.05, 0) is 104 Å². The van der Waals surface area contributed by atoms with Gasteiger partial charge < -0.3 is 10.1 Å². The summed E-state index contributed by atoms with van der Waals surface area (Å²) in [6.45, 7) is 3.58. The summed E-state index contributed by atoms with van der Waals surface area (Å²) < 4.78 is 61.7. The Bertz CT molecular complexity index is 1730. The van der Waals surface area contributed by atoms with E-state index < -0.39 is 32.5 Å². The lowest BCUT2D eigenvalue weighted by Gasteiger charge is -2.24. The Hall–Kier alpha value is -4.06. The zero-order chi connectivity index (χ0) is 29.6. The van der Waals surface area contributed by atoms with Gasteiger partial charge in [0.2, 0.25) is 5.91 Å². The Labute approximate surface area is 244 Å². The molecule has 1 amide bonds. The summed E-state index contributed by atoms with van der Waals surface area (Å²) in [7, 11) is -8.02. The van der Waals surface area contributed by atoms with Gasteiger partial charge in [0.1, 0.15) is 12.3 Å². The lowest BCUT2D eigenvalue weighted by molar-refractivity contribution is -0.114. The molecular formula is C29H28ClN3O6S2. The summed E-state index contributed by atoms with van der Waals surface area (Å²) in [6, 6.07) is 24.5. The molecule has 0 aliphatic carbocycles. The zero-order valence-electron chi connectivity index (χ0n) is 22.2. The van der Waals surface area contributed by atoms with Crippen molar-refractivity contribution in [3.8, 4) is 5.75 Å². The molecule has 4 rings (SSSR count). The van der Waals surface area contributed by atoms with E-state index in [1.54, 1.807) is 42.5 Å². The minimum Gasteiger partial charge on any atom is -0.494 e. The minimum atomic E-state index is -4.16. The van der Waals surface area contributed by atoms with Crippen molar-refractivity contribution in [1.29, 1.82) is 0 Å². The second-order valence-corrected chi connectivity index (χ2v) is 12.9. The number of sulfonamides is 2. The van der Waals surface area contributed by atoms with Gasteiger partial charge in [0.15, 0.2) is 0 Å². The van der Waals surface area contributed by atoms with Crippen molar-refractivity contribution in [3.63, 3.8) is 0 Å². The van der Waals surface area contributed by atoms with E-state index in [4.69, 9.17) is 16.3 Å². The van der Waals surface area contributed by atoms with Crippen molar-refractivity contribution in [2.24, 2.45) is 0 Å². The van der Waals surface area contributed by atoms with E-state index >= 15 is 0 Å². The molecule has 12 heteroatoms. The predicted octanol–water partition coefficient (Wildman–Crippen LogP) is 5.68. The van der Waals surface area contributed by atoms with Gasteiger partial charge in [0.25, 0.3) is 20.0 Å². The number of anilines is 3. The Balaban J connectivity index is 1.53. The van der Waals surface area contributed by atoms with Crippen LogP contribution in [0.3, 0.4) is 0 Å². The van der Waals surface area contributed by atoms with Crippen molar-refractivity contribution in [2.45, 2.75) is 23.6 Å². The summed E-state index contributed by atoms with van der Waals surface area (Å²) in [4.78, 5) is 13.0. The number of hydrogen-bond acceptors (Lipinski definition) is 6. The molecule has 0 saturated carbocycles. The quantitative estimate of drug-likeness (QED) is 0.224. The van der Waals surface area contributed by atoms with Gasteiger partial charge in [0, 0.05) is 16.4 Å². The average Bonchev–Trinajstić information content (AvgIpc) is 2.93. The van der Waals surface area contributed by atoms with Gasteiger partial charge in [-0.25, -0.2) is 16.8 Å². The molecule has 0 atom stereocenters. The van der Waals surface area contributed by atoms with E-state index in [-0.39, 0.29) is 15.5 Å². The Morgan fingerprint density at radius 3 is 2.07 bits per heavy atom. The fourth-order valence-electron chi connectivity index (χ4n) is 3.90. The number of benzene rings is 4. The number of amides is 1. The van der Waals surface area contributed by atoms with Crippen molar-refractivity contribution < 1.29 is 26.4 Å². The molecule has 2 N–H and O–H groups in total. The van der Waals surface area contributed by atoms with Crippen LogP contribution in [0.15, 0.2) is 107 Å². The van der Waals surface area contributed by atoms with Crippen molar-refractivity contribution >= 4 is 54.6 Å². The largest absolute Gasteiger partial charge is 0.494 e. The van der Waals surface area contributed by atoms with Gasteiger partial charge in [-0.1, -0.05) is 23.7 Å². The first-order valence-electron chi connectivity index (χ1n) is 12.5. The standard InChI is InChI=1S/C29H28ClN3O6S2/c1-3-39-26-13-11-25(12-14-26)33(41(37,38)28-15-7-22(30)8-16-28)20-29(34)31-23-9-17-27(18-10-23)40(35,36)32-24-6-4-5-21(2)19-24/h4-19,32H,3,20H2,1-2H3,(H,31,34). The van der Waals surface area contributed by atoms with Crippen LogP contribution < -0.4 is 19.1 Å². The second kappa shape index (κ2) is 12.6. The SMILES string of the molecule is CCOc1ccc(N(CC(=O)Nc2ccc(S(=O)(=O)Nc3cccc(C)c3)cc2)S(=O)(=O)c2ccc(Cl)cc2)cc1. The number of hydrogen-bond donors (Lipinski definition) is 2. The number of rotatable bonds is 11. The molecule has 41 heavy (non-hydrogen) atoms. The molecular weight excluding hydrogens is 586 g/mol. The van der Waals surface area contributed by atoms with Gasteiger partial charge in [0.05, 0.1) is 22.1 Å². The molecule has 0 bridgehead atoms. The van der Waals surface area contributed by atoms with Crippen molar-refractivity contribution in [1.82, 2.24) is 0 Å². The fraction of sp³-hybridized carbons (Fsp3) is 0.138. The fourth-order valence-corrected chi connectivity index (χ4v) is 6.49. The van der Waals surface area contributed by atoms with E-state index in [1.807, 2.05) is 19.9 Å². The molecule has 9 nitrogen and oxygen atoms in total. The van der Waals surface area contributed by atoms with Crippen molar-refractivity contribution in [2.75, 3.05) is 27.5 Å². The molecule has 0 fully saturated rings. The first-order valence-corrected chi connectivity index (χ1v) is 15.8. The topological polar surface area (TPSA) is 122 Å². The highest BCUT2D eigenvalue weighted by molar-refractivity contribution is 7.93. The first kappa shape index (κ1) is 29.9. The second-order valence-electron chi connectivity index (χ2n) is 8.94. The molecule has 4 aromatic rings. The molecule has 0 aliphatic rings. The normalized spacial score (nSPS) is 11.5. The van der Waals surface area contributed by atoms with Crippen molar-refractivity contribution in [3.05, 3.63) is 108 Å².